The SMILES string of the molecule is NC(=O)C1CCCC2C(=O)C3CCC=CC3C(=O)C12. The van der Waals surface area contributed by atoms with Crippen LogP contribution in [0.2, 0.25) is 0 Å². The van der Waals surface area contributed by atoms with Crippen molar-refractivity contribution in [2.75, 3.05) is 0 Å². The number of primary amides is 1. The lowest BCUT2D eigenvalue weighted by Crippen LogP contribution is -2.53. The smallest absolute Gasteiger partial charge is 0.221 e. The summed E-state index contributed by atoms with van der Waals surface area (Å²) < 4.78 is 0. The van der Waals surface area contributed by atoms with Gasteiger partial charge in [0, 0.05) is 29.6 Å². The van der Waals surface area contributed by atoms with Crippen LogP contribution < -0.4 is 5.73 Å². The van der Waals surface area contributed by atoms with Crippen molar-refractivity contribution in [3.8, 4) is 0 Å². The van der Waals surface area contributed by atoms with Gasteiger partial charge in [-0.3, -0.25) is 14.4 Å². The van der Waals surface area contributed by atoms with Crippen molar-refractivity contribution in [2.45, 2.75) is 32.1 Å². The predicted octanol–water partition coefficient (Wildman–Crippen LogP) is 1.24. The van der Waals surface area contributed by atoms with Crippen LogP contribution in [0.15, 0.2) is 12.2 Å². The van der Waals surface area contributed by atoms with Gasteiger partial charge in [0.25, 0.3) is 0 Å². The van der Waals surface area contributed by atoms with Gasteiger partial charge in [-0.1, -0.05) is 18.6 Å². The lowest BCUT2D eigenvalue weighted by molar-refractivity contribution is -0.152. The van der Waals surface area contributed by atoms with Crippen LogP contribution in [0.4, 0.5) is 0 Å². The van der Waals surface area contributed by atoms with Crippen molar-refractivity contribution in [1.29, 1.82) is 0 Å². The maximum absolute atomic E-state index is 12.6. The molecular weight excluding hydrogens is 242 g/mol. The van der Waals surface area contributed by atoms with Gasteiger partial charge >= 0.3 is 0 Å². The van der Waals surface area contributed by atoms with E-state index in [2.05, 4.69) is 0 Å². The molecule has 0 aromatic rings. The summed E-state index contributed by atoms with van der Waals surface area (Å²) in [7, 11) is 0. The molecule has 4 heteroatoms. The average molecular weight is 261 g/mol. The molecular formula is C15H19NO3. The number of rotatable bonds is 1. The van der Waals surface area contributed by atoms with Crippen LogP contribution in [-0.2, 0) is 14.4 Å². The fraction of sp³-hybridized carbons (Fsp3) is 0.667. The van der Waals surface area contributed by atoms with Crippen LogP contribution in [0.1, 0.15) is 32.1 Å². The first-order chi connectivity index (χ1) is 9.11. The normalized spacial score (nSPS) is 41.6. The molecule has 0 aromatic carbocycles. The molecule has 3 aliphatic carbocycles. The first-order valence-corrected chi connectivity index (χ1v) is 7.14. The van der Waals surface area contributed by atoms with E-state index in [1.54, 1.807) is 0 Å². The van der Waals surface area contributed by atoms with Gasteiger partial charge in [-0.15, -0.1) is 0 Å². The maximum Gasteiger partial charge on any atom is 0.221 e. The van der Waals surface area contributed by atoms with E-state index < -0.39 is 17.7 Å². The molecule has 2 fully saturated rings. The summed E-state index contributed by atoms with van der Waals surface area (Å²) in [4.78, 5) is 36.8. The highest BCUT2D eigenvalue weighted by Crippen LogP contribution is 2.46. The largest absolute Gasteiger partial charge is 0.369 e. The fourth-order valence-corrected chi connectivity index (χ4v) is 4.17. The van der Waals surface area contributed by atoms with E-state index in [0.717, 1.165) is 25.7 Å². The second-order valence-corrected chi connectivity index (χ2v) is 6.01. The molecule has 0 bridgehead atoms. The Morgan fingerprint density at radius 3 is 2.63 bits per heavy atom. The van der Waals surface area contributed by atoms with Crippen LogP contribution >= 0.6 is 0 Å². The summed E-state index contributed by atoms with van der Waals surface area (Å²) >= 11 is 0. The van der Waals surface area contributed by atoms with E-state index in [1.165, 1.54) is 0 Å². The van der Waals surface area contributed by atoms with Crippen molar-refractivity contribution in [1.82, 2.24) is 0 Å². The number of ketones is 2. The molecule has 2 N–H and O–H groups in total. The Morgan fingerprint density at radius 1 is 1.11 bits per heavy atom. The highest BCUT2D eigenvalue weighted by molar-refractivity contribution is 6.02. The number of fused-ring (bicyclic) bond motifs is 2. The van der Waals surface area contributed by atoms with Crippen molar-refractivity contribution in [3.63, 3.8) is 0 Å². The molecule has 0 saturated heterocycles. The van der Waals surface area contributed by atoms with Crippen LogP contribution in [0.25, 0.3) is 0 Å². The Morgan fingerprint density at radius 2 is 1.89 bits per heavy atom. The molecule has 0 aromatic heterocycles. The minimum atomic E-state index is -0.456. The number of carbonyl (C=O) groups excluding carboxylic acids is 3. The van der Waals surface area contributed by atoms with Gasteiger partial charge in [-0.2, -0.15) is 0 Å². The van der Waals surface area contributed by atoms with Crippen molar-refractivity contribution in [3.05, 3.63) is 12.2 Å². The Kier molecular flexibility index (Phi) is 3.03. The average Bonchev–Trinajstić information content (AvgIpc) is 2.44. The molecule has 0 heterocycles. The predicted molar refractivity (Wildman–Crippen MR) is 68.9 cm³/mol. The van der Waals surface area contributed by atoms with E-state index in [0.29, 0.717) is 6.42 Å². The molecule has 19 heavy (non-hydrogen) atoms. The molecule has 0 aliphatic heterocycles. The fourth-order valence-electron chi connectivity index (χ4n) is 4.17. The van der Waals surface area contributed by atoms with E-state index in [9.17, 15) is 14.4 Å². The number of Topliss-reactive ketones (excluding diaryl/α,β-unsaturated/α-hetero) is 2. The first-order valence-electron chi connectivity index (χ1n) is 7.14. The van der Waals surface area contributed by atoms with Crippen molar-refractivity contribution < 1.29 is 14.4 Å². The standard InChI is InChI=1S/C15H19NO3/c16-15(19)11-7-3-6-10-12(11)14(18)9-5-2-1-4-8(9)13(10)17/h2,5,8-12H,1,3-4,6-7H2,(H2,16,19). The van der Waals surface area contributed by atoms with Gasteiger partial charge in [-0.05, 0) is 25.7 Å². The Hall–Kier alpha value is -1.45. The molecule has 1 amide bonds. The van der Waals surface area contributed by atoms with Gasteiger partial charge in [0.15, 0.2) is 0 Å². The van der Waals surface area contributed by atoms with Crippen LogP contribution in [0, 0.1) is 29.6 Å². The quantitative estimate of drug-likeness (QED) is 0.721. The molecule has 5 atom stereocenters. The summed E-state index contributed by atoms with van der Waals surface area (Å²) in [6.07, 6.45) is 7.71. The molecule has 3 rings (SSSR count). The van der Waals surface area contributed by atoms with Gasteiger partial charge in [0.1, 0.15) is 11.6 Å². The van der Waals surface area contributed by atoms with Gasteiger partial charge in [-0.25, -0.2) is 0 Å². The van der Waals surface area contributed by atoms with Gasteiger partial charge in [0.05, 0.1) is 0 Å². The molecule has 0 spiro atoms. The highest BCUT2D eigenvalue weighted by atomic mass is 16.2. The number of amides is 1. The number of nitrogens with two attached hydrogens (primary N) is 1. The zero-order valence-corrected chi connectivity index (χ0v) is 10.9. The first kappa shape index (κ1) is 12.6. The van der Waals surface area contributed by atoms with Gasteiger partial charge < -0.3 is 5.73 Å². The summed E-state index contributed by atoms with van der Waals surface area (Å²) in [5, 5.41) is 0. The van der Waals surface area contributed by atoms with Gasteiger partial charge in [0.2, 0.25) is 5.91 Å². The van der Waals surface area contributed by atoms with E-state index >= 15 is 0 Å². The third-order valence-corrected chi connectivity index (χ3v) is 5.07. The molecule has 0 radical (unpaired) electrons. The lowest BCUT2D eigenvalue weighted by atomic mass is 9.57. The minimum absolute atomic E-state index is 0.0778. The molecule has 5 unspecified atom stereocenters. The zero-order valence-electron chi connectivity index (χ0n) is 10.9. The number of hydrogen-bond acceptors (Lipinski definition) is 3. The Labute approximate surface area is 112 Å². The molecule has 3 aliphatic rings. The van der Waals surface area contributed by atoms with Crippen LogP contribution in [0.3, 0.4) is 0 Å². The monoisotopic (exact) mass is 261 g/mol. The molecule has 102 valence electrons. The summed E-state index contributed by atoms with van der Waals surface area (Å²) in [6, 6.07) is 0. The highest BCUT2D eigenvalue weighted by Gasteiger charge is 2.53. The maximum atomic E-state index is 12.6. The van der Waals surface area contributed by atoms with Crippen molar-refractivity contribution >= 4 is 17.5 Å². The number of allylic oxidation sites excluding steroid dienone is 2. The second-order valence-electron chi connectivity index (χ2n) is 6.01. The second kappa shape index (κ2) is 4.58. The summed E-state index contributed by atoms with van der Waals surface area (Å²) in [6.45, 7) is 0. The lowest BCUT2D eigenvalue weighted by Gasteiger charge is -2.44. The Balaban J connectivity index is 1.98. The van der Waals surface area contributed by atoms with E-state index in [4.69, 9.17) is 5.73 Å². The summed E-state index contributed by atoms with van der Waals surface area (Å²) in [5.41, 5.74) is 5.43. The Bertz CT molecular complexity index is 468. The van der Waals surface area contributed by atoms with E-state index in [1.807, 2.05) is 12.2 Å². The van der Waals surface area contributed by atoms with Crippen LogP contribution in [0.5, 0.6) is 0 Å². The third kappa shape index (κ3) is 1.85. The zero-order chi connectivity index (χ0) is 13.6. The molecule has 2 saturated carbocycles. The number of carbonyl (C=O) groups is 3. The minimum Gasteiger partial charge on any atom is -0.369 e. The summed E-state index contributed by atoms with van der Waals surface area (Å²) in [5.74, 6) is -1.75. The molecule has 4 nitrogen and oxygen atoms in total. The number of hydrogen-bond donors (Lipinski definition) is 1. The van der Waals surface area contributed by atoms with E-state index in [-0.39, 0.29) is 29.3 Å². The van der Waals surface area contributed by atoms with Crippen molar-refractivity contribution in [2.24, 2.45) is 35.3 Å². The van der Waals surface area contributed by atoms with Crippen LogP contribution in [-0.4, -0.2) is 17.5 Å². The topological polar surface area (TPSA) is 77.2 Å². The third-order valence-electron chi connectivity index (χ3n) is 5.07.